The van der Waals surface area contributed by atoms with Crippen molar-refractivity contribution in [3.8, 4) is 0 Å². The molecule has 66 heavy (non-hydrogen) atoms. The first kappa shape index (κ1) is 53.5. The van der Waals surface area contributed by atoms with Crippen molar-refractivity contribution in [3.05, 3.63) is 96.1 Å². The zero-order chi connectivity index (χ0) is 47.5. The minimum Gasteiger partial charge on any atom is -0.396 e. The Bertz CT molecular complexity index is 3570. The van der Waals surface area contributed by atoms with Gasteiger partial charge in [-0.05, 0) is 59.7 Å². The molecule has 0 spiro atoms. The predicted octanol–water partition coefficient (Wildman–Crippen LogP) is 5.63. The van der Waals surface area contributed by atoms with Crippen LogP contribution in [0.3, 0.4) is 0 Å². The molecule has 0 aliphatic carbocycles. The zero-order valence-corrected chi connectivity index (χ0v) is 38.6. The number of fused-ring (bicyclic) bond motifs is 2. The Kier molecular flexibility index (Phi) is 15.3. The Morgan fingerprint density at radius 3 is 0.970 bits per heavy atom. The molecule has 0 bridgehead atoms. The van der Waals surface area contributed by atoms with Crippen molar-refractivity contribution in [1.82, 2.24) is 0 Å². The molecule has 0 atom stereocenters. The smallest absolute Gasteiger partial charge is 0.295 e. The molecule has 0 fully saturated rings. The second-order valence-electron chi connectivity index (χ2n) is 13.0. The van der Waals surface area contributed by atoms with Gasteiger partial charge in [0.25, 0.3) is 60.7 Å². The minimum atomic E-state index is -5.14. The van der Waals surface area contributed by atoms with Crippen LogP contribution in [-0.2, 0) is 94.8 Å². The van der Waals surface area contributed by atoms with E-state index >= 15 is 0 Å². The van der Waals surface area contributed by atoms with Crippen molar-refractivity contribution < 1.29 is 112 Å². The molecule has 0 heterocycles. The number of hydrogen-bond donors (Lipinski definition) is 8. The zero-order valence-electron chi connectivity index (χ0n) is 31.8. The second kappa shape index (κ2) is 18.9. The summed E-state index contributed by atoms with van der Waals surface area (Å²) in [4.78, 5) is -5.23. The van der Waals surface area contributed by atoms with Crippen molar-refractivity contribution in [1.29, 1.82) is 0 Å². The molecule has 0 aliphatic heterocycles. The van der Waals surface area contributed by atoms with Crippen molar-refractivity contribution in [2.24, 2.45) is 20.5 Å². The molecule has 0 saturated carbocycles. The van der Waals surface area contributed by atoms with Crippen molar-refractivity contribution in [3.63, 3.8) is 0 Å². The first-order valence-corrected chi connectivity index (χ1v) is 25.4. The third-order valence-electron chi connectivity index (χ3n) is 8.86. The Morgan fingerprint density at radius 1 is 0.379 bits per heavy atom. The van der Waals surface area contributed by atoms with E-state index in [0.29, 0.717) is 12.1 Å². The van der Waals surface area contributed by atoms with Crippen molar-refractivity contribution in [2.45, 2.75) is 29.4 Å². The van der Waals surface area contributed by atoms with Gasteiger partial charge >= 0.3 is 0 Å². The molecule has 2 radical (unpaired) electrons. The van der Waals surface area contributed by atoms with E-state index in [9.17, 15) is 77.8 Å². The van der Waals surface area contributed by atoms with Crippen LogP contribution in [0, 0.1) is 0 Å². The summed E-state index contributed by atoms with van der Waals surface area (Å²) in [6.45, 7) is 0. The summed E-state index contributed by atoms with van der Waals surface area (Å²) in [7, 11) is -30.5. The number of nitrogen functional groups attached to an aromatic ring is 2. The molecule has 6 aromatic rings. The van der Waals surface area contributed by atoms with Crippen LogP contribution in [0.2, 0.25) is 0 Å². The van der Waals surface area contributed by atoms with E-state index in [-0.39, 0.29) is 56.6 Å². The van der Waals surface area contributed by atoms with Crippen LogP contribution in [0.4, 0.5) is 34.1 Å². The topological polar surface area (TPSA) is 428 Å². The number of benzene rings is 6. The standard InChI is InChI=1S/C34H26N6O18S6.2Cu/c35-33-23(15-29(63(53,54)55)21-3-1-5-25(31(21)33)59(41,42)43)39-37-19-11-9-17(27(13-19)61(47,48)49)7-8-18-10-12-20(14-28(18)62(50,51)52)38-40-24-16-30(64(56,57)58)22-4-2-6-26(60(44,45)46)32(22)34(24)36;;/h1-16H,35-36H2,(H,41,42,43)(H,44,45,46)(H,47,48,49)(H,50,51,52)(H,53,54,55)(H,56,57,58);;. The van der Waals surface area contributed by atoms with Crippen LogP contribution in [0.15, 0.2) is 135 Å². The van der Waals surface area contributed by atoms with Gasteiger partial charge in [-0.25, -0.2) is 0 Å². The first-order valence-electron chi connectivity index (χ1n) is 16.7. The molecule has 0 aliphatic rings. The van der Waals surface area contributed by atoms with Gasteiger partial charge in [-0.3, -0.25) is 27.3 Å². The van der Waals surface area contributed by atoms with Crippen LogP contribution >= 0.6 is 0 Å². The summed E-state index contributed by atoms with van der Waals surface area (Å²) in [6.07, 6.45) is 1.95. The van der Waals surface area contributed by atoms with Crippen molar-refractivity contribution in [2.75, 3.05) is 11.5 Å². The van der Waals surface area contributed by atoms with E-state index in [2.05, 4.69) is 20.5 Å². The molecule has 6 aromatic carbocycles. The third-order valence-corrected chi connectivity index (χ3v) is 14.3. The number of azo groups is 2. The Balaban J connectivity index is 0.00000476. The maximum Gasteiger partial charge on any atom is 0.295 e. The molecule has 0 amide bonds. The molecule has 24 nitrogen and oxygen atoms in total. The van der Waals surface area contributed by atoms with Gasteiger partial charge in [0.1, 0.15) is 40.7 Å². The SMILES string of the molecule is Nc1c(N=Nc2ccc(C=Cc3ccc(N=Nc4cc(S(=O)(=O)O)c5cccc(S(=O)(=O)O)c5c4N)cc3S(=O)(=O)O)c(S(=O)(=O)O)c2)cc(S(=O)(=O)O)c2cccc(S(=O)(=O)O)c12.[Cu].[Cu]. The van der Waals surface area contributed by atoms with Gasteiger partial charge in [0, 0.05) is 55.7 Å². The average molecular weight is 1130 g/mol. The van der Waals surface area contributed by atoms with Crippen LogP contribution in [0.1, 0.15) is 11.1 Å². The van der Waals surface area contributed by atoms with E-state index in [0.717, 1.165) is 84.9 Å². The van der Waals surface area contributed by atoms with Crippen LogP contribution in [-0.4, -0.2) is 77.8 Å². The van der Waals surface area contributed by atoms with Gasteiger partial charge in [0.15, 0.2) is 0 Å². The van der Waals surface area contributed by atoms with Gasteiger partial charge < -0.3 is 11.5 Å². The largest absolute Gasteiger partial charge is 0.396 e. The van der Waals surface area contributed by atoms with E-state index in [1.54, 1.807) is 0 Å². The van der Waals surface area contributed by atoms with E-state index in [1.165, 1.54) is 0 Å². The average Bonchev–Trinajstić information content (AvgIpc) is 3.17. The van der Waals surface area contributed by atoms with Gasteiger partial charge in [0.05, 0.1) is 22.7 Å². The monoisotopic (exact) mass is 1120 g/mol. The fourth-order valence-electron chi connectivity index (χ4n) is 6.16. The molecule has 0 unspecified atom stereocenters. The Morgan fingerprint density at radius 2 is 0.682 bits per heavy atom. The minimum absolute atomic E-state index is 0. The number of nitrogens with zero attached hydrogens (tertiary/aromatic N) is 4. The van der Waals surface area contributed by atoms with Gasteiger partial charge in [0.2, 0.25) is 0 Å². The third kappa shape index (κ3) is 11.3. The summed E-state index contributed by atoms with van der Waals surface area (Å²) in [5.74, 6) is 0. The summed E-state index contributed by atoms with van der Waals surface area (Å²) < 4.78 is 206. The molecule has 10 N–H and O–H groups in total. The quantitative estimate of drug-likeness (QED) is 0.0242. The van der Waals surface area contributed by atoms with E-state index < -0.39 is 134 Å². The number of hydrogen-bond acceptors (Lipinski definition) is 18. The molecular weight excluding hydrogens is 1100 g/mol. The molecule has 358 valence electrons. The molecule has 0 saturated heterocycles. The van der Waals surface area contributed by atoms with Crippen LogP contribution < -0.4 is 11.5 Å². The molecule has 6 rings (SSSR count). The number of anilines is 2. The summed E-state index contributed by atoms with van der Waals surface area (Å²) in [5, 5.41) is 13.1. The first-order chi connectivity index (χ1) is 29.4. The van der Waals surface area contributed by atoms with Gasteiger partial charge in [-0.1, -0.05) is 48.6 Å². The maximum atomic E-state index is 12.5. The summed E-state index contributed by atoms with van der Waals surface area (Å²) >= 11 is 0. The fourth-order valence-corrected chi connectivity index (χ4v) is 10.4. The second-order valence-corrected chi connectivity index (χ2v) is 21.3. The summed E-state index contributed by atoms with van der Waals surface area (Å²) in [5.41, 5.74) is 8.55. The summed E-state index contributed by atoms with van der Waals surface area (Å²) in [6, 6.07) is 13.3. The van der Waals surface area contributed by atoms with Gasteiger partial charge in [-0.2, -0.15) is 60.7 Å². The normalized spacial score (nSPS) is 13.1. The van der Waals surface area contributed by atoms with E-state index in [4.69, 9.17) is 11.5 Å². The van der Waals surface area contributed by atoms with Crippen LogP contribution in [0.25, 0.3) is 33.7 Å². The maximum absolute atomic E-state index is 12.5. The Hall–Kier alpha value is -5.12. The molecular formula is C34H26Cu2N6O18S6. The number of rotatable bonds is 12. The van der Waals surface area contributed by atoms with Gasteiger partial charge in [-0.15, -0.1) is 10.2 Å². The molecule has 0 aromatic heterocycles. The Labute approximate surface area is 395 Å². The fraction of sp³-hybridized carbons (Fsp3) is 0. The van der Waals surface area contributed by atoms with E-state index in [1.807, 2.05) is 0 Å². The van der Waals surface area contributed by atoms with Crippen molar-refractivity contribution >= 4 is 129 Å². The molecule has 32 heteroatoms. The van der Waals surface area contributed by atoms with Crippen LogP contribution in [0.5, 0.6) is 0 Å². The predicted molar refractivity (Wildman–Crippen MR) is 226 cm³/mol. The number of nitrogens with two attached hydrogens (primary N) is 2.